The number of allylic oxidation sites excluding steroid dienone is 4. The molecule has 1 heteroatoms. The fourth-order valence-electron chi connectivity index (χ4n) is 4.85. The van der Waals surface area contributed by atoms with Gasteiger partial charge in [0.25, 0.3) is 0 Å². The van der Waals surface area contributed by atoms with E-state index in [1.165, 1.54) is 28.9 Å². The van der Waals surface area contributed by atoms with E-state index in [0.717, 1.165) is 0 Å². The Balaban J connectivity index is 1.54. The molecule has 0 amide bonds. The van der Waals surface area contributed by atoms with E-state index in [0.29, 0.717) is 11.3 Å². The Labute approximate surface area is 144 Å². The lowest BCUT2D eigenvalue weighted by molar-refractivity contribution is 0.443. The lowest BCUT2D eigenvalue weighted by atomic mass is 9.80. The van der Waals surface area contributed by atoms with Gasteiger partial charge in [-0.25, -0.2) is 0 Å². The maximum atomic E-state index is 5.16. The molecule has 1 heterocycles. The minimum absolute atomic E-state index is 0.0668. The summed E-state index contributed by atoms with van der Waals surface area (Å²) < 4.78 is 0. The van der Waals surface area contributed by atoms with Crippen LogP contribution in [0.3, 0.4) is 0 Å². The van der Waals surface area contributed by atoms with Crippen LogP contribution in [-0.2, 0) is 10.8 Å². The van der Waals surface area contributed by atoms with Gasteiger partial charge in [-0.2, -0.15) is 0 Å². The highest BCUT2D eigenvalue weighted by molar-refractivity contribution is 5.63. The van der Waals surface area contributed by atoms with Crippen molar-refractivity contribution in [3.05, 3.63) is 89.3 Å². The first-order valence-electron chi connectivity index (χ1n) is 8.94. The molecule has 1 aromatic heterocycles. The van der Waals surface area contributed by atoms with Crippen molar-refractivity contribution in [2.45, 2.75) is 38.0 Å². The van der Waals surface area contributed by atoms with Gasteiger partial charge in [-0.1, -0.05) is 74.5 Å². The predicted octanol–water partition coefficient (Wildman–Crippen LogP) is 5.16. The monoisotopic (exact) mass is 313 g/mol. The first kappa shape index (κ1) is 14.2. The Morgan fingerprint density at radius 3 is 2.58 bits per heavy atom. The molecule has 0 saturated heterocycles. The molecule has 1 fully saturated rings. The molecular weight excluding hydrogens is 290 g/mol. The summed E-state index contributed by atoms with van der Waals surface area (Å²) in [7, 11) is 0. The van der Waals surface area contributed by atoms with Gasteiger partial charge in [-0.3, -0.25) is 4.98 Å². The lowest BCUT2D eigenvalue weighted by Crippen LogP contribution is -2.22. The number of hydrogen-bond donors (Lipinski definition) is 0. The van der Waals surface area contributed by atoms with Gasteiger partial charge in [0.15, 0.2) is 0 Å². The summed E-state index contributed by atoms with van der Waals surface area (Å²) in [5.41, 5.74) is 5.66. The molecule has 24 heavy (non-hydrogen) atoms. The number of benzene rings is 1. The van der Waals surface area contributed by atoms with Crippen molar-refractivity contribution in [2.24, 2.45) is 11.3 Å². The zero-order chi connectivity index (χ0) is 16.6. The molecule has 0 N–H and O–H groups in total. The maximum absolute atomic E-state index is 5.16. The SMILES string of the molecule is CC(C)(c1ccccc1)c1ccc2c(n1)C2(C)C12C=CC=CC1C2. The molecule has 0 bridgehead atoms. The normalized spacial score (nSPS) is 32.2. The Hall–Kier alpha value is -2.15. The van der Waals surface area contributed by atoms with E-state index in [-0.39, 0.29) is 10.8 Å². The van der Waals surface area contributed by atoms with E-state index < -0.39 is 0 Å². The molecule has 3 atom stereocenters. The van der Waals surface area contributed by atoms with Crippen molar-refractivity contribution < 1.29 is 0 Å². The Bertz CT molecular complexity index is 890. The largest absolute Gasteiger partial charge is 0.256 e. The highest BCUT2D eigenvalue weighted by Crippen LogP contribution is 2.74. The molecule has 5 rings (SSSR count). The minimum Gasteiger partial charge on any atom is -0.256 e. The number of hydrogen-bond acceptors (Lipinski definition) is 1. The Kier molecular flexibility index (Phi) is 2.53. The number of rotatable bonds is 3. The molecule has 1 aromatic carbocycles. The average Bonchev–Trinajstić information content (AvgIpc) is 3.50. The van der Waals surface area contributed by atoms with Crippen LogP contribution in [0.1, 0.15) is 49.7 Å². The molecule has 1 saturated carbocycles. The van der Waals surface area contributed by atoms with Gasteiger partial charge >= 0.3 is 0 Å². The van der Waals surface area contributed by atoms with E-state index in [9.17, 15) is 0 Å². The molecule has 0 aliphatic heterocycles. The van der Waals surface area contributed by atoms with Crippen molar-refractivity contribution in [2.75, 3.05) is 0 Å². The first-order valence-corrected chi connectivity index (χ1v) is 8.94. The molecular formula is C23H23N. The Morgan fingerprint density at radius 2 is 1.83 bits per heavy atom. The zero-order valence-corrected chi connectivity index (χ0v) is 14.6. The summed E-state index contributed by atoms with van der Waals surface area (Å²) in [5.74, 6) is 0.701. The van der Waals surface area contributed by atoms with Gasteiger partial charge in [-0.05, 0) is 36.5 Å². The topological polar surface area (TPSA) is 12.9 Å². The number of fused-ring (bicyclic) bond motifs is 2. The van der Waals surface area contributed by atoms with Crippen molar-refractivity contribution in [1.29, 1.82) is 0 Å². The van der Waals surface area contributed by atoms with Crippen LogP contribution in [0.25, 0.3) is 0 Å². The summed E-state index contributed by atoms with van der Waals surface area (Å²) in [6.45, 7) is 6.95. The molecule has 3 aliphatic rings. The second-order valence-electron chi connectivity index (χ2n) is 8.30. The van der Waals surface area contributed by atoms with Crippen LogP contribution in [0.2, 0.25) is 0 Å². The summed E-state index contributed by atoms with van der Waals surface area (Å²) in [6.07, 6.45) is 10.5. The van der Waals surface area contributed by atoms with Crippen molar-refractivity contribution >= 4 is 0 Å². The fourth-order valence-corrected chi connectivity index (χ4v) is 4.85. The van der Waals surface area contributed by atoms with Gasteiger partial charge in [0.1, 0.15) is 0 Å². The van der Waals surface area contributed by atoms with Crippen molar-refractivity contribution in [3.8, 4) is 0 Å². The molecule has 120 valence electrons. The third kappa shape index (κ3) is 1.58. The molecule has 0 spiro atoms. The van der Waals surface area contributed by atoms with Crippen LogP contribution in [0.5, 0.6) is 0 Å². The van der Waals surface area contributed by atoms with E-state index in [2.05, 4.69) is 87.5 Å². The Morgan fingerprint density at radius 1 is 1.04 bits per heavy atom. The lowest BCUT2D eigenvalue weighted by Gasteiger charge is -2.25. The van der Waals surface area contributed by atoms with Gasteiger partial charge in [-0.15, -0.1) is 0 Å². The van der Waals surface area contributed by atoms with Gasteiger partial charge < -0.3 is 0 Å². The number of pyridine rings is 1. The highest BCUT2D eigenvalue weighted by Gasteiger charge is 2.71. The second kappa shape index (κ2) is 4.27. The summed E-state index contributed by atoms with van der Waals surface area (Å²) in [4.78, 5) is 5.16. The number of nitrogens with zero attached hydrogens (tertiary/aromatic N) is 1. The van der Waals surface area contributed by atoms with Crippen molar-refractivity contribution in [3.63, 3.8) is 0 Å². The van der Waals surface area contributed by atoms with E-state index in [1.54, 1.807) is 0 Å². The van der Waals surface area contributed by atoms with Crippen LogP contribution in [0.4, 0.5) is 0 Å². The molecule has 3 aliphatic carbocycles. The predicted molar refractivity (Wildman–Crippen MR) is 98.1 cm³/mol. The molecule has 3 unspecified atom stereocenters. The second-order valence-corrected chi connectivity index (χ2v) is 8.30. The zero-order valence-electron chi connectivity index (χ0n) is 14.6. The van der Waals surface area contributed by atoms with Crippen LogP contribution < -0.4 is 0 Å². The van der Waals surface area contributed by atoms with Gasteiger partial charge in [0.2, 0.25) is 0 Å². The summed E-state index contributed by atoms with van der Waals surface area (Å²) >= 11 is 0. The quantitative estimate of drug-likeness (QED) is 0.763. The highest BCUT2D eigenvalue weighted by atomic mass is 14.9. The number of aromatic nitrogens is 1. The van der Waals surface area contributed by atoms with Gasteiger partial charge in [0.05, 0.1) is 11.4 Å². The van der Waals surface area contributed by atoms with Crippen molar-refractivity contribution in [1.82, 2.24) is 4.98 Å². The standard InChI is InChI=1S/C23H23N/c1-21(2,16-9-5-4-6-10-16)19-13-12-18-20(24-19)22(18,3)23-14-8-7-11-17(23)15-23/h4-14,17H,15H2,1-3H3. The minimum atomic E-state index is -0.0668. The maximum Gasteiger partial charge on any atom is 0.0561 e. The summed E-state index contributed by atoms with van der Waals surface area (Å²) in [5, 5.41) is 0. The van der Waals surface area contributed by atoms with Crippen LogP contribution in [0.15, 0.2) is 66.8 Å². The fraction of sp³-hybridized carbons (Fsp3) is 0.348. The molecule has 2 aromatic rings. The smallest absolute Gasteiger partial charge is 0.0561 e. The van der Waals surface area contributed by atoms with Gasteiger partial charge in [0, 0.05) is 16.2 Å². The van der Waals surface area contributed by atoms with E-state index in [1.807, 2.05) is 0 Å². The third-order valence-corrected chi connectivity index (χ3v) is 6.82. The van der Waals surface area contributed by atoms with E-state index >= 15 is 0 Å². The average molecular weight is 313 g/mol. The first-order chi connectivity index (χ1) is 11.5. The van der Waals surface area contributed by atoms with Crippen LogP contribution >= 0.6 is 0 Å². The molecule has 1 nitrogen and oxygen atoms in total. The van der Waals surface area contributed by atoms with Crippen LogP contribution in [-0.4, -0.2) is 4.98 Å². The molecule has 0 radical (unpaired) electrons. The van der Waals surface area contributed by atoms with Crippen LogP contribution in [0, 0.1) is 11.3 Å². The summed E-state index contributed by atoms with van der Waals surface area (Å²) in [6, 6.07) is 15.3. The van der Waals surface area contributed by atoms with E-state index in [4.69, 9.17) is 4.98 Å². The third-order valence-electron chi connectivity index (χ3n) is 6.82.